The first-order chi connectivity index (χ1) is 9.69. The van der Waals surface area contributed by atoms with E-state index in [1.807, 2.05) is 20.8 Å². The largest absolute Gasteiger partial charge is 0.272 e. The van der Waals surface area contributed by atoms with Gasteiger partial charge >= 0.3 is 0 Å². The number of nitrogens with zero attached hydrogens (tertiary/aromatic N) is 1. The molecule has 1 aromatic rings. The molecule has 0 saturated carbocycles. The molecular formula is C13H17N3O4S. The zero-order chi connectivity index (χ0) is 16.0. The smallest absolute Gasteiger partial charge is 0.270 e. The molecule has 8 heteroatoms. The fourth-order valence-electron chi connectivity index (χ4n) is 1.28. The van der Waals surface area contributed by atoms with E-state index in [4.69, 9.17) is 0 Å². The highest BCUT2D eigenvalue weighted by molar-refractivity contribution is 8.01. The number of benzene rings is 1. The molecule has 0 unspecified atom stereocenters. The van der Waals surface area contributed by atoms with E-state index in [2.05, 4.69) is 10.9 Å². The SMILES string of the molecule is CC(C)(C)SCC(=O)NNC(=O)c1cccc([N+](=O)[O-])c1. The van der Waals surface area contributed by atoms with Gasteiger partial charge in [0.1, 0.15) is 0 Å². The number of nitro groups is 1. The number of carbonyl (C=O) groups excluding carboxylic acids is 2. The summed E-state index contributed by atoms with van der Waals surface area (Å²) in [5.74, 6) is -0.736. The van der Waals surface area contributed by atoms with Crippen molar-refractivity contribution in [3.05, 3.63) is 39.9 Å². The maximum absolute atomic E-state index is 11.8. The first-order valence-electron chi connectivity index (χ1n) is 6.16. The minimum absolute atomic E-state index is 0.0542. The molecule has 0 fully saturated rings. The second kappa shape index (κ2) is 7.07. The van der Waals surface area contributed by atoms with Crippen molar-refractivity contribution in [2.24, 2.45) is 0 Å². The quantitative estimate of drug-likeness (QED) is 0.653. The zero-order valence-corrected chi connectivity index (χ0v) is 12.8. The van der Waals surface area contributed by atoms with Gasteiger partial charge in [-0.15, -0.1) is 11.8 Å². The van der Waals surface area contributed by atoms with E-state index in [9.17, 15) is 19.7 Å². The number of nitrogens with one attached hydrogen (secondary N) is 2. The van der Waals surface area contributed by atoms with Crippen LogP contribution in [0.1, 0.15) is 31.1 Å². The van der Waals surface area contributed by atoms with Crippen LogP contribution < -0.4 is 10.9 Å². The highest BCUT2D eigenvalue weighted by atomic mass is 32.2. The molecule has 0 atom stereocenters. The van der Waals surface area contributed by atoms with Gasteiger partial charge in [-0.2, -0.15) is 0 Å². The Kier molecular flexibility index (Phi) is 5.71. The van der Waals surface area contributed by atoms with Crippen molar-refractivity contribution in [2.75, 3.05) is 5.75 Å². The molecule has 0 spiro atoms. The van der Waals surface area contributed by atoms with Gasteiger partial charge in [0.2, 0.25) is 5.91 Å². The molecule has 0 aromatic heterocycles. The van der Waals surface area contributed by atoms with E-state index in [1.54, 1.807) is 0 Å². The molecule has 2 N–H and O–H groups in total. The van der Waals surface area contributed by atoms with Crippen LogP contribution in [0.15, 0.2) is 24.3 Å². The summed E-state index contributed by atoms with van der Waals surface area (Å²) < 4.78 is -0.0542. The van der Waals surface area contributed by atoms with Crippen LogP contribution in [0.25, 0.3) is 0 Å². The van der Waals surface area contributed by atoms with E-state index < -0.39 is 10.8 Å². The molecule has 2 amide bonds. The van der Waals surface area contributed by atoms with Crippen LogP contribution in [0.3, 0.4) is 0 Å². The summed E-state index contributed by atoms with van der Waals surface area (Å²) >= 11 is 1.44. The van der Waals surface area contributed by atoms with E-state index >= 15 is 0 Å². The number of nitro benzene ring substituents is 1. The summed E-state index contributed by atoms with van der Waals surface area (Å²) in [7, 11) is 0. The van der Waals surface area contributed by atoms with Crippen LogP contribution >= 0.6 is 11.8 Å². The van der Waals surface area contributed by atoms with Gasteiger partial charge in [-0.1, -0.05) is 26.8 Å². The number of rotatable bonds is 4. The number of non-ortho nitro benzene ring substituents is 1. The van der Waals surface area contributed by atoms with E-state index in [-0.39, 0.29) is 27.7 Å². The van der Waals surface area contributed by atoms with E-state index in [1.165, 1.54) is 30.0 Å². The highest BCUT2D eigenvalue weighted by Crippen LogP contribution is 2.22. The Morgan fingerprint density at radius 2 is 1.95 bits per heavy atom. The number of thioether (sulfide) groups is 1. The van der Waals surface area contributed by atoms with Gasteiger partial charge in [-0.05, 0) is 6.07 Å². The van der Waals surface area contributed by atoms with Crippen molar-refractivity contribution in [3.8, 4) is 0 Å². The molecule has 114 valence electrons. The fourth-order valence-corrected chi connectivity index (χ4v) is 1.91. The number of hydrogen-bond donors (Lipinski definition) is 2. The maximum atomic E-state index is 11.8. The predicted molar refractivity (Wildman–Crippen MR) is 80.9 cm³/mol. The van der Waals surface area contributed by atoms with Gasteiger partial charge < -0.3 is 0 Å². The standard InChI is InChI=1S/C13H17N3O4S/c1-13(2,3)21-8-11(17)14-15-12(18)9-5-4-6-10(7-9)16(19)20/h4-7H,8H2,1-3H3,(H,14,17)(H,15,18). The Hall–Kier alpha value is -2.09. The Morgan fingerprint density at radius 3 is 2.52 bits per heavy atom. The van der Waals surface area contributed by atoms with Gasteiger partial charge in [0.25, 0.3) is 11.6 Å². The molecule has 0 saturated heterocycles. The Bertz CT molecular complexity index is 555. The minimum atomic E-state index is -0.604. The van der Waals surface area contributed by atoms with Crippen molar-refractivity contribution >= 4 is 29.3 Å². The van der Waals surface area contributed by atoms with Gasteiger partial charge in [0, 0.05) is 22.4 Å². The first kappa shape index (κ1) is 17.0. The molecule has 21 heavy (non-hydrogen) atoms. The summed E-state index contributed by atoms with van der Waals surface area (Å²) in [6, 6.07) is 5.27. The van der Waals surface area contributed by atoms with Crippen LogP contribution in [0.2, 0.25) is 0 Å². The lowest BCUT2D eigenvalue weighted by Gasteiger charge is -2.17. The third-order valence-electron chi connectivity index (χ3n) is 2.27. The van der Waals surface area contributed by atoms with Crippen molar-refractivity contribution in [2.45, 2.75) is 25.5 Å². The second-order valence-electron chi connectivity index (χ2n) is 5.21. The van der Waals surface area contributed by atoms with Crippen LogP contribution in [-0.2, 0) is 4.79 Å². The summed E-state index contributed by atoms with van der Waals surface area (Å²) in [5, 5.41) is 10.6. The zero-order valence-electron chi connectivity index (χ0n) is 12.0. The van der Waals surface area contributed by atoms with Gasteiger partial charge in [-0.25, -0.2) is 0 Å². The number of carbonyl (C=O) groups is 2. The molecule has 7 nitrogen and oxygen atoms in total. The lowest BCUT2D eigenvalue weighted by atomic mass is 10.2. The number of hydrogen-bond acceptors (Lipinski definition) is 5. The third-order valence-corrected chi connectivity index (χ3v) is 3.54. The first-order valence-corrected chi connectivity index (χ1v) is 7.15. The number of hydrazine groups is 1. The Labute approximate surface area is 126 Å². The molecule has 0 aliphatic heterocycles. The molecule has 0 radical (unpaired) electrons. The van der Waals surface area contributed by atoms with Gasteiger partial charge in [-0.3, -0.25) is 30.6 Å². The minimum Gasteiger partial charge on any atom is -0.272 e. The van der Waals surface area contributed by atoms with Crippen LogP contribution in [0.4, 0.5) is 5.69 Å². The van der Waals surface area contributed by atoms with Crippen molar-refractivity contribution in [1.29, 1.82) is 0 Å². The molecule has 0 aliphatic rings. The van der Waals surface area contributed by atoms with Gasteiger partial charge in [0.05, 0.1) is 10.7 Å². The highest BCUT2D eigenvalue weighted by Gasteiger charge is 2.15. The van der Waals surface area contributed by atoms with Crippen molar-refractivity contribution in [3.63, 3.8) is 0 Å². The van der Waals surface area contributed by atoms with E-state index in [0.717, 1.165) is 6.07 Å². The van der Waals surface area contributed by atoms with Gasteiger partial charge in [0.15, 0.2) is 0 Å². The summed E-state index contributed by atoms with van der Waals surface area (Å²) in [6.07, 6.45) is 0. The fraction of sp³-hybridized carbons (Fsp3) is 0.385. The molecule has 0 bridgehead atoms. The van der Waals surface area contributed by atoms with Crippen LogP contribution in [-0.4, -0.2) is 27.2 Å². The normalized spacial score (nSPS) is 10.8. The Morgan fingerprint density at radius 1 is 1.29 bits per heavy atom. The lowest BCUT2D eigenvalue weighted by molar-refractivity contribution is -0.384. The van der Waals surface area contributed by atoms with E-state index in [0.29, 0.717) is 0 Å². The monoisotopic (exact) mass is 311 g/mol. The lowest BCUT2D eigenvalue weighted by Crippen LogP contribution is -2.42. The molecular weight excluding hydrogens is 294 g/mol. The Balaban J connectivity index is 2.52. The molecule has 0 aliphatic carbocycles. The molecule has 1 rings (SSSR count). The molecule has 1 aromatic carbocycles. The number of amides is 2. The third kappa shape index (κ3) is 6.26. The predicted octanol–water partition coefficient (Wildman–Crippen LogP) is 1.89. The average Bonchev–Trinajstić information content (AvgIpc) is 2.41. The maximum Gasteiger partial charge on any atom is 0.270 e. The summed E-state index contributed by atoms with van der Waals surface area (Å²) in [4.78, 5) is 33.4. The topological polar surface area (TPSA) is 101 Å². The van der Waals surface area contributed by atoms with Crippen molar-refractivity contribution < 1.29 is 14.5 Å². The molecule has 0 heterocycles. The average molecular weight is 311 g/mol. The van der Waals surface area contributed by atoms with Crippen LogP contribution in [0.5, 0.6) is 0 Å². The van der Waals surface area contributed by atoms with Crippen molar-refractivity contribution in [1.82, 2.24) is 10.9 Å². The second-order valence-corrected chi connectivity index (χ2v) is 7.01. The summed E-state index contributed by atoms with van der Waals surface area (Å²) in [6.45, 7) is 5.94. The van der Waals surface area contributed by atoms with Crippen LogP contribution in [0, 0.1) is 10.1 Å². The summed E-state index contributed by atoms with van der Waals surface area (Å²) in [5.41, 5.74) is 4.42.